The van der Waals surface area contributed by atoms with Crippen LogP contribution >= 0.6 is 0 Å². The first-order valence-corrected chi connectivity index (χ1v) is 8.86. The number of sulfonamides is 1. The van der Waals surface area contributed by atoms with Gasteiger partial charge in [0, 0.05) is 25.8 Å². The van der Waals surface area contributed by atoms with Crippen LogP contribution in [0.5, 0.6) is 0 Å². The van der Waals surface area contributed by atoms with E-state index in [0.29, 0.717) is 24.3 Å². The van der Waals surface area contributed by atoms with Crippen LogP contribution in [0.3, 0.4) is 0 Å². The number of hydrogen-bond acceptors (Lipinski definition) is 4. The first-order valence-electron chi connectivity index (χ1n) is 7.41. The molecule has 0 aliphatic heterocycles. The average molecular weight is 312 g/mol. The SMILES string of the molecule is CCCNc1ccc(S(=O)(=O)N(C)CC2CC(O)C2)cc1. The highest BCUT2D eigenvalue weighted by Crippen LogP contribution is 2.29. The summed E-state index contributed by atoms with van der Waals surface area (Å²) in [5.41, 5.74) is 0.931. The van der Waals surface area contributed by atoms with Gasteiger partial charge in [-0.05, 0) is 49.4 Å². The number of hydrogen-bond donors (Lipinski definition) is 2. The summed E-state index contributed by atoms with van der Waals surface area (Å²) in [5.74, 6) is 0.269. The van der Waals surface area contributed by atoms with Crippen molar-refractivity contribution in [1.29, 1.82) is 0 Å². The van der Waals surface area contributed by atoms with Crippen LogP contribution in [0.25, 0.3) is 0 Å². The fourth-order valence-corrected chi connectivity index (χ4v) is 3.75. The van der Waals surface area contributed by atoms with E-state index >= 15 is 0 Å². The van der Waals surface area contributed by atoms with Crippen molar-refractivity contribution < 1.29 is 13.5 Å². The lowest BCUT2D eigenvalue weighted by Crippen LogP contribution is -2.39. The summed E-state index contributed by atoms with van der Waals surface area (Å²) in [5, 5.41) is 12.5. The summed E-state index contributed by atoms with van der Waals surface area (Å²) in [4.78, 5) is 0.312. The summed E-state index contributed by atoms with van der Waals surface area (Å²) in [6.45, 7) is 3.42. The van der Waals surface area contributed by atoms with E-state index in [0.717, 1.165) is 18.7 Å². The Bertz CT molecular complexity index is 551. The maximum atomic E-state index is 12.5. The zero-order valence-electron chi connectivity index (χ0n) is 12.6. The van der Waals surface area contributed by atoms with Gasteiger partial charge in [0.15, 0.2) is 0 Å². The number of nitrogens with one attached hydrogen (secondary N) is 1. The maximum absolute atomic E-state index is 12.5. The van der Waals surface area contributed by atoms with E-state index in [2.05, 4.69) is 12.2 Å². The molecule has 0 saturated heterocycles. The molecule has 0 unspecified atom stereocenters. The largest absolute Gasteiger partial charge is 0.393 e. The summed E-state index contributed by atoms with van der Waals surface area (Å²) in [7, 11) is -1.84. The van der Waals surface area contributed by atoms with Crippen LogP contribution in [0.2, 0.25) is 0 Å². The van der Waals surface area contributed by atoms with Crippen molar-refractivity contribution in [3.63, 3.8) is 0 Å². The van der Waals surface area contributed by atoms with Gasteiger partial charge in [-0.2, -0.15) is 0 Å². The van der Waals surface area contributed by atoms with E-state index in [4.69, 9.17) is 0 Å². The Morgan fingerprint density at radius 1 is 1.29 bits per heavy atom. The Balaban J connectivity index is 2.00. The van der Waals surface area contributed by atoms with Gasteiger partial charge >= 0.3 is 0 Å². The molecule has 0 spiro atoms. The Morgan fingerprint density at radius 2 is 1.90 bits per heavy atom. The van der Waals surface area contributed by atoms with Crippen LogP contribution in [-0.2, 0) is 10.0 Å². The highest BCUT2D eigenvalue weighted by atomic mass is 32.2. The summed E-state index contributed by atoms with van der Waals surface area (Å²) in [6, 6.07) is 6.87. The summed E-state index contributed by atoms with van der Waals surface area (Å²) < 4.78 is 26.3. The lowest BCUT2D eigenvalue weighted by molar-refractivity contribution is 0.0367. The highest BCUT2D eigenvalue weighted by Gasteiger charge is 2.31. The Labute approximate surface area is 127 Å². The molecular weight excluding hydrogens is 288 g/mol. The summed E-state index contributed by atoms with van der Waals surface area (Å²) in [6.07, 6.45) is 2.16. The van der Waals surface area contributed by atoms with E-state index < -0.39 is 10.0 Å². The third-order valence-electron chi connectivity index (χ3n) is 3.87. The molecule has 1 saturated carbocycles. The van der Waals surface area contributed by atoms with Crippen molar-refractivity contribution in [3.05, 3.63) is 24.3 Å². The molecule has 1 aromatic rings. The van der Waals surface area contributed by atoms with Gasteiger partial charge in [-0.1, -0.05) is 6.92 Å². The molecule has 0 atom stereocenters. The maximum Gasteiger partial charge on any atom is 0.242 e. The Hall–Kier alpha value is -1.11. The van der Waals surface area contributed by atoms with E-state index in [-0.39, 0.29) is 12.0 Å². The van der Waals surface area contributed by atoms with Gasteiger partial charge in [0.1, 0.15) is 0 Å². The molecule has 0 heterocycles. The standard InChI is InChI=1S/C15H24N2O3S/c1-3-8-16-13-4-6-15(7-5-13)21(19,20)17(2)11-12-9-14(18)10-12/h4-7,12,14,16,18H,3,8-11H2,1-2H3. The van der Waals surface area contributed by atoms with Crippen molar-refractivity contribution in [3.8, 4) is 0 Å². The van der Waals surface area contributed by atoms with Crippen LogP contribution in [0.4, 0.5) is 5.69 Å². The molecule has 1 aliphatic carbocycles. The van der Waals surface area contributed by atoms with E-state index in [1.807, 2.05) is 0 Å². The number of nitrogens with zero attached hydrogens (tertiary/aromatic N) is 1. The van der Waals surface area contributed by atoms with Gasteiger partial charge in [-0.3, -0.25) is 0 Å². The van der Waals surface area contributed by atoms with Gasteiger partial charge < -0.3 is 10.4 Å². The monoisotopic (exact) mass is 312 g/mol. The van der Waals surface area contributed by atoms with Crippen LogP contribution in [0.1, 0.15) is 26.2 Å². The topological polar surface area (TPSA) is 69.6 Å². The van der Waals surface area contributed by atoms with Crippen LogP contribution in [0.15, 0.2) is 29.2 Å². The second-order valence-electron chi connectivity index (χ2n) is 5.73. The predicted molar refractivity (Wildman–Crippen MR) is 83.8 cm³/mol. The molecule has 0 radical (unpaired) electrons. The predicted octanol–water partition coefficient (Wildman–Crippen LogP) is 1.90. The van der Waals surface area contributed by atoms with Crippen LogP contribution < -0.4 is 5.32 Å². The molecule has 0 aromatic heterocycles. The smallest absolute Gasteiger partial charge is 0.242 e. The highest BCUT2D eigenvalue weighted by molar-refractivity contribution is 7.89. The summed E-state index contributed by atoms with van der Waals surface area (Å²) >= 11 is 0. The second-order valence-corrected chi connectivity index (χ2v) is 7.77. The first-order chi connectivity index (χ1) is 9.93. The first kappa shape index (κ1) is 16.3. The van der Waals surface area contributed by atoms with Crippen LogP contribution in [-0.4, -0.2) is 44.1 Å². The molecular formula is C15H24N2O3S. The lowest BCUT2D eigenvalue weighted by Gasteiger charge is -2.34. The van der Waals surface area contributed by atoms with Crippen LogP contribution in [0, 0.1) is 5.92 Å². The van der Waals surface area contributed by atoms with Gasteiger partial charge in [0.25, 0.3) is 0 Å². The van der Waals surface area contributed by atoms with Gasteiger partial charge in [-0.25, -0.2) is 12.7 Å². The fourth-order valence-electron chi connectivity index (χ4n) is 2.51. The van der Waals surface area contributed by atoms with Gasteiger partial charge in [-0.15, -0.1) is 0 Å². The normalized spacial score (nSPS) is 22.1. The number of aliphatic hydroxyl groups is 1. The molecule has 1 fully saturated rings. The Morgan fingerprint density at radius 3 is 2.43 bits per heavy atom. The second kappa shape index (κ2) is 6.77. The molecule has 2 N–H and O–H groups in total. The van der Waals surface area contributed by atoms with Gasteiger partial charge in [0.2, 0.25) is 10.0 Å². The van der Waals surface area contributed by atoms with E-state index in [1.165, 1.54) is 4.31 Å². The minimum atomic E-state index is -3.44. The number of anilines is 1. The van der Waals surface area contributed by atoms with Crippen molar-refractivity contribution in [2.24, 2.45) is 5.92 Å². The van der Waals surface area contributed by atoms with Crippen molar-refractivity contribution in [1.82, 2.24) is 4.31 Å². The van der Waals surface area contributed by atoms with Crippen molar-refractivity contribution in [2.75, 3.05) is 25.5 Å². The quantitative estimate of drug-likeness (QED) is 0.807. The third-order valence-corrected chi connectivity index (χ3v) is 5.71. The molecule has 1 aliphatic rings. The van der Waals surface area contributed by atoms with Crippen molar-refractivity contribution in [2.45, 2.75) is 37.2 Å². The van der Waals surface area contributed by atoms with E-state index in [1.54, 1.807) is 31.3 Å². The van der Waals surface area contributed by atoms with Crippen molar-refractivity contribution >= 4 is 15.7 Å². The molecule has 5 nitrogen and oxygen atoms in total. The third kappa shape index (κ3) is 3.96. The number of rotatable bonds is 7. The molecule has 2 rings (SSSR count). The lowest BCUT2D eigenvalue weighted by atomic mass is 9.82. The molecule has 1 aromatic carbocycles. The fraction of sp³-hybridized carbons (Fsp3) is 0.600. The number of benzene rings is 1. The zero-order chi connectivity index (χ0) is 15.5. The molecule has 0 amide bonds. The minimum absolute atomic E-state index is 0.255. The molecule has 21 heavy (non-hydrogen) atoms. The van der Waals surface area contributed by atoms with Gasteiger partial charge in [0.05, 0.1) is 11.0 Å². The minimum Gasteiger partial charge on any atom is -0.393 e. The Kier molecular flexibility index (Phi) is 5.24. The molecule has 6 heteroatoms. The number of aliphatic hydroxyl groups excluding tert-OH is 1. The molecule has 118 valence electrons. The van der Waals surface area contributed by atoms with E-state index in [9.17, 15) is 13.5 Å². The average Bonchev–Trinajstić information content (AvgIpc) is 2.43. The zero-order valence-corrected chi connectivity index (χ0v) is 13.4. The molecule has 0 bridgehead atoms.